The van der Waals surface area contributed by atoms with Gasteiger partial charge in [0, 0.05) is 17.1 Å². The lowest BCUT2D eigenvalue weighted by Crippen LogP contribution is -2.19. The van der Waals surface area contributed by atoms with Crippen LogP contribution in [0.5, 0.6) is 0 Å². The van der Waals surface area contributed by atoms with Gasteiger partial charge in [0.15, 0.2) is 0 Å². The molecule has 28 heavy (non-hydrogen) atoms. The topological polar surface area (TPSA) is 87.3 Å². The Bertz CT molecular complexity index is 1080. The second-order valence-electron chi connectivity index (χ2n) is 6.37. The molecular formula is C21H21N3O3S. The van der Waals surface area contributed by atoms with Gasteiger partial charge in [0.25, 0.3) is 10.0 Å². The average Bonchev–Trinajstić information content (AvgIpc) is 2.66. The zero-order chi connectivity index (χ0) is 20.1. The summed E-state index contributed by atoms with van der Waals surface area (Å²) in [5.41, 5.74) is 3.75. The minimum atomic E-state index is -3.72. The quantitative estimate of drug-likeness (QED) is 0.583. The summed E-state index contributed by atoms with van der Waals surface area (Å²) < 4.78 is 27.7. The van der Waals surface area contributed by atoms with Crippen molar-refractivity contribution in [1.29, 1.82) is 0 Å². The normalized spacial score (nSPS) is 10.9. The zero-order valence-corrected chi connectivity index (χ0v) is 16.4. The number of carbonyl (C=O) groups is 1. The maximum Gasteiger partial charge on any atom is 0.323 e. The summed E-state index contributed by atoms with van der Waals surface area (Å²) in [4.78, 5) is 12.1. The SMILES string of the molecule is Cc1ccc(NS(=O)(=O)c2ccc(NC(=O)Nc3ccccc3)cc2)cc1C. The van der Waals surface area contributed by atoms with E-state index in [1.165, 1.54) is 12.1 Å². The lowest BCUT2D eigenvalue weighted by atomic mass is 10.1. The maximum absolute atomic E-state index is 12.6. The van der Waals surface area contributed by atoms with Crippen molar-refractivity contribution in [2.24, 2.45) is 0 Å². The van der Waals surface area contributed by atoms with Crippen molar-refractivity contribution >= 4 is 33.1 Å². The Balaban J connectivity index is 1.67. The lowest BCUT2D eigenvalue weighted by molar-refractivity contribution is 0.262. The van der Waals surface area contributed by atoms with E-state index in [1.54, 1.807) is 36.4 Å². The number of hydrogen-bond acceptors (Lipinski definition) is 3. The highest BCUT2D eigenvalue weighted by Crippen LogP contribution is 2.20. The summed E-state index contributed by atoms with van der Waals surface area (Å²) in [5, 5.41) is 5.36. The Morgan fingerprint density at radius 3 is 1.89 bits per heavy atom. The number of hydrogen-bond donors (Lipinski definition) is 3. The molecule has 0 heterocycles. The molecule has 3 aromatic carbocycles. The minimum absolute atomic E-state index is 0.111. The van der Waals surface area contributed by atoms with Crippen LogP contribution < -0.4 is 15.4 Å². The molecule has 3 N–H and O–H groups in total. The molecule has 0 saturated heterocycles. The Morgan fingerprint density at radius 2 is 1.29 bits per heavy atom. The number of urea groups is 1. The van der Waals surface area contributed by atoms with E-state index in [-0.39, 0.29) is 4.90 Å². The molecule has 7 heteroatoms. The van der Waals surface area contributed by atoms with E-state index in [2.05, 4.69) is 15.4 Å². The maximum atomic E-state index is 12.6. The number of carbonyl (C=O) groups excluding carboxylic acids is 1. The van der Waals surface area contributed by atoms with Crippen molar-refractivity contribution in [2.45, 2.75) is 18.7 Å². The van der Waals surface area contributed by atoms with Crippen LogP contribution in [0, 0.1) is 13.8 Å². The van der Waals surface area contributed by atoms with Gasteiger partial charge in [0.05, 0.1) is 4.90 Å². The first-order chi connectivity index (χ1) is 13.3. The molecule has 0 aliphatic heterocycles. The molecule has 0 aliphatic carbocycles. The molecule has 144 valence electrons. The zero-order valence-electron chi connectivity index (χ0n) is 15.6. The van der Waals surface area contributed by atoms with Crippen molar-refractivity contribution in [3.63, 3.8) is 0 Å². The van der Waals surface area contributed by atoms with Crippen LogP contribution in [0.4, 0.5) is 21.9 Å². The number of rotatable bonds is 5. The number of para-hydroxylation sites is 1. The highest BCUT2D eigenvalue weighted by Gasteiger charge is 2.14. The van der Waals surface area contributed by atoms with Crippen LogP contribution >= 0.6 is 0 Å². The number of nitrogens with one attached hydrogen (secondary N) is 3. The van der Waals surface area contributed by atoms with Gasteiger partial charge < -0.3 is 10.6 Å². The van der Waals surface area contributed by atoms with E-state index in [9.17, 15) is 13.2 Å². The summed E-state index contributed by atoms with van der Waals surface area (Å²) in [6, 6.07) is 20.0. The third kappa shape index (κ3) is 4.89. The molecule has 2 amide bonds. The van der Waals surface area contributed by atoms with Gasteiger partial charge in [-0.1, -0.05) is 24.3 Å². The molecule has 0 spiro atoms. The fraction of sp³-hybridized carbons (Fsp3) is 0.0952. The van der Waals surface area contributed by atoms with E-state index in [1.807, 2.05) is 38.1 Å². The van der Waals surface area contributed by atoms with E-state index in [0.29, 0.717) is 17.1 Å². The Kier molecular flexibility index (Phi) is 5.65. The molecule has 0 saturated carbocycles. The number of amides is 2. The van der Waals surface area contributed by atoms with Crippen molar-refractivity contribution in [2.75, 3.05) is 15.4 Å². The Hall–Kier alpha value is -3.32. The number of anilines is 3. The largest absolute Gasteiger partial charge is 0.323 e. The summed E-state index contributed by atoms with van der Waals surface area (Å²) in [5.74, 6) is 0. The van der Waals surface area contributed by atoms with Gasteiger partial charge in [0.2, 0.25) is 0 Å². The fourth-order valence-corrected chi connectivity index (χ4v) is 3.60. The van der Waals surface area contributed by atoms with Crippen molar-refractivity contribution in [1.82, 2.24) is 0 Å². The van der Waals surface area contributed by atoms with Crippen molar-refractivity contribution in [3.8, 4) is 0 Å². The molecule has 6 nitrogen and oxygen atoms in total. The minimum Gasteiger partial charge on any atom is -0.308 e. The first-order valence-corrected chi connectivity index (χ1v) is 10.1. The summed E-state index contributed by atoms with van der Waals surface area (Å²) >= 11 is 0. The summed E-state index contributed by atoms with van der Waals surface area (Å²) in [6.07, 6.45) is 0. The van der Waals surface area contributed by atoms with E-state index >= 15 is 0 Å². The second kappa shape index (κ2) is 8.14. The van der Waals surface area contributed by atoms with E-state index < -0.39 is 16.1 Å². The molecule has 0 atom stereocenters. The van der Waals surface area contributed by atoms with E-state index in [0.717, 1.165) is 11.1 Å². The second-order valence-corrected chi connectivity index (χ2v) is 8.06. The molecule has 3 rings (SSSR count). The van der Waals surface area contributed by atoms with Crippen LogP contribution in [0.3, 0.4) is 0 Å². The fourth-order valence-electron chi connectivity index (χ4n) is 2.55. The standard InChI is InChI=1S/C21H21N3O3S/c1-15-8-9-19(14-16(15)2)24-28(26,27)20-12-10-18(11-13-20)23-21(25)22-17-6-4-3-5-7-17/h3-14,24H,1-2H3,(H2,22,23,25). The Labute approximate surface area is 164 Å². The van der Waals surface area contributed by atoms with Gasteiger partial charge in [-0.05, 0) is 73.5 Å². The van der Waals surface area contributed by atoms with Gasteiger partial charge in [0.1, 0.15) is 0 Å². The average molecular weight is 395 g/mol. The molecule has 0 fully saturated rings. The first-order valence-electron chi connectivity index (χ1n) is 8.67. The molecular weight excluding hydrogens is 374 g/mol. The van der Waals surface area contributed by atoms with Crippen LogP contribution in [-0.4, -0.2) is 14.4 Å². The van der Waals surface area contributed by atoms with Crippen LogP contribution in [0.2, 0.25) is 0 Å². The third-order valence-corrected chi connectivity index (χ3v) is 5.61. The highest BCUT2D eigenvalue weighted by atomic mass is 32.2. The lowest BCUT2D eigenvalue weighted by Gasteiger charge is -2.11. The van der Waals surface area contributed by atoms with Crippen molar-refractivity contribution in [3.05, 3.63) is 83.9 Å². The van der Waals surface area contributed by atoms with Gasteiger partial charge in [-0.3, -0.25) is 4.72 Å². The number of benzene rings is 3. The predicted octanol–water partition coefficient (Wildman–Crippen LogP) is 4.75. The summed E-state index contributed by atoms with van der Waals surface area (Å²) in [7, 11) is -3.72. The van der Waals surface area contributed by atoms with Crippen LogP contribution in [0.1, 0.15) is 11.1 Å². The van der Waals surface area contributed by atoms with Gasteiger partial charge >= 0.3 is 6.03 Å². The van der Waals surface area contributed by atoms with E-state index in [4.69, 9.17) is 0 Å². The summed E-state index contributed by atoms with van der Waals surface area (Å²) in [6.45, 7) is 3.89. The van der Waals surface area contributed by atoms with Gasteiger partial charge in [-0.2, -0.15) is 0 Å². The third-order valence-electron chi connectivity index (χ3n) is 4.21. The van der Waals surface area contributed by atoms with Crippen LogP contribution in [0.15, 0.2) is 77.7 Å². The molecule has 0 unspecified atom stereocenters. The monoisotopic (exact) mass is 395 g/mol. The number of aryl methyl sites for hydroxylation is 2. The molecule has 0 bridgehead atoms. The highest BCUT2D eigenvalue weighted by molar-refractivity contribution is 7.92. The molecule has 3 aromatic rings. The predicted molar refractivity (Wildman–Crippen MR) is 112 cm³/mol. The molecule has 0 radical (unpaired) electrons. The molecule has 0 aromatic heterocycles. The Morgan fingerprint density at radius 1 is 0.714 bits per heavy atom. The van der Waals surface area contributed by atoms with Gasteiger partial charge in [-0.25, -0.2) is 13.2 Å². The van der Waals surface area contributed by atoms with Crippen LogP contribution in [-0.2, 0) is 10.0 Å². The van der Waals surface area contributed by atoms with Gasteiger partial charge in [-0.15, -0.1) is 0 Å². The van der Waals surface area contributed by atoms with Crippen molar-refractivity contribution < 1.29 is 13.2 Å². The number of sulfonamides is 1. The first kappa shape index (κ1) is 19.4. The molecule has 0 aliphatic rings. The smallest absolute Gasteiger partial charge is 0.308 e. The van der Waals surface area contributed by atoms with Crippen LogP contribution in [0.25, 0.3) is 0 Å².